The SMILES string of the molecule is O=C1NN=C(Cc2ccccc2)/C1=C1\C=C(Cl)c2ccccc2N1. The summed E-state index contributed by atoms with van der Waals surface area (Å²) in [6, 6.07) is 17.7. The number of halogens is 1. The lowest BCUT2D eigenvalue weighted by Gasteiger charge is -2.19. The first-order valence-electron chi connectivity index (χ1n) is 7.61. The number of anilines is 1. The molecule has 24 heavy (non-hydrogen) atoms. The van der Waals surface area contributed by atoms with Gasteiger partial charge in [-0.1, -0.05) is 60.1 Å². The first kappa shape index (κ1) is 14.7. The van der Waals surface area contributed by atoms with Crippen molar-refractivity contribution in [2.75, 3.05) is 5.32 Å². The molecule has 118 valence electrons. The fourth-order valence-corrected chi connectivity index (χ4v) is 3.15. The number of fused-ring (bicyclic) bond motifs is 1. The maximum atomic E-state index is 12.3. The molecular formula is C19H14ClN3O. The Bertz CT molecular complexity index is 913. The van der Waals surface area contributed by atoms with E-state index in [0.717, 1.165) is 16.8 Å². The van der Waals surface area contributed by atoms with Gasteiger partial charge in [-0.2, -0.15) is 5.10 Å². The lowest BCUT2D eigenvalue weighted by molar-refractivity contribution is -0.116. The molecule has 0 unspecified atom stereocenters. The van der Waals surface area contributed by atoms with Crippen LogP contribution in [0.3, 0.4) is 0 Å². The van der Waals surface area contributed by atoms with Gasteiger partial charge in [0.15, 0.2) is 0 Å². The third-order valence-electron chi connectivity index (χ3n) is 4.02. The summed E-state index contributed by atoms with van der Waals surface area (Å²) in [4.78, 5) is 12.3. The van der Waals surface area contributed by atoms with Gasteiger partial charge in [-0.05, 0) is 17.7 Å². The van der Waals surface area contributed by atoms with Gasteiger partial charge in [0, 0.05) is 17.7 Å². The van der Waals surface area contributed by atoms with E-state index in [9.17, 15) is 4.79 Å². The number of hydrogen-bond acceptors (Lipinski definition) is 3. The summed E-state index contributed by atoms with van der Waals surface area (Å²) in [6.45, 7) is 0. The normalized spacial score (nSPS) is 19.1. The third-order valence-corrected chi connectivity index (χ3v) is 4.33. The fourth-order valence-electron chi connectivity index (χ4n) is 2.88. The Balaban J connectivity index is 1.74. The van der Waals surface area contributed by atoms with E-state index in [4.69, 9.17) is 11.6 Å². The monoisotopic (exact) mass is 335 g/mol. The van der Waals surface area contributed by atoms with E-state index in [1.807, 2.05) is 54.6 Å². The standard InChI is InChI=1S/C19H14ClN3O/c20-14-11-16(21-15-9-5-4-8-13(14)15)18-17(22-23-19(18)24)10-12-6-2-1-3-7-12/h1-9,11,21H,10H2,(H,23,24)/b18-16-. The van der Waals surface area contributed by atoms with Crippen LogP contribution in [0.1, 0.15) is 11.1 Å². The van der Waals surface area contributed by atoms with Crippen LogP contribution < -0.4 is 10.7 Å². The second-order valence-corrected chi connectivity index (χ2v) is 6.02. The molecule has 5 heteroatoms. The molecule has 0 atom stereocenters. The van der Waals surface area contributed by atoms with Crippen molar-refractivity contribution in [3.63, 3.8) is 0 Å². The molecule has 2 aromatic rings. The highest BCUT2D eigenvalue weighted by molar-refractivity contribution is 6.50. The fraction of sp³-hybridized carbons (Fsp3) is 0.0526. The van der Waals surface area contributed by atoms with Gasteiger partial charge in [-0.3, -0.25) is 4.79 Å². The highest BCUT2D eigenvalue weighted by Crippen LogP contribution is 2.34. The Labute approximate surface area is 144 Å². The molecule has 0 fully saturated rings. The van der Waals surface area contributed by atoms with E-state index in [1.54, 1.807) is 6.08 Å². The molecule has 2 aliphatic heterocycles. The van der Waals surface area contributed by atoms with Crippen molar-refractivity contribution in [2.45, 2.75) is 6.42 Å². The summed E-state index contributed by atoms with van der Waals surface area (Å²) in [7, 11) is 0. The predicted octanol–water partition coefficient (Wildman–Crippen LogP) is 3.67. The van der Waals surface area contributed by atoms with Crippen molar-refractivity contribution in [3.8, 4) is 0 Å². The van der Waals surface area contributed by atoms with Crippen LogP contribution in [-0.4, -0.2) is 11.6 Å². The number of hydrazone groups is 1. The molecule has 2 heterocycles. The van der Waals surface area contributed by atoms with E-state index < -0.39 is 0 Å². The molecule has 0 aromatic heterocycles. The first-order valence-corrected chi connectivity index (χ1v) is 7.99. The number of hydrogen-bond donors (Lipinski definition) is 2. The second-order valence-electron chi connectivity index (χ2n) is 5.61. The van der Waals surface area contributed by atoms with Crippen LogP contribution >= 0.6 is 11.6 Å². The molecular weight excluding hydrogens is 322 g/mol. The number of allylic oxidation sites excluding steroid dienone is 1. The average Bonchev–Trinajstić information content (AvgIpc) is 2.96. The quantitative estimate of drug-likeness (QED) is 0.823. The molecule has 1 amide bonds. The van der Waals surface area contributed by atoms with Gasteiger partial charge >= 0.3 is 0 Å². The summed E-state index contributed by atoms with van der Waals surface area (Å²) in [5.41, 5.74) is 7.36. The Morgan fingerprint density at radius 2 is 1.75 bits per heavy atom. The minimum atomic E-state index is -0.219. The summed E-state index contributed by atoms with van der Waals surface area (Å²) < 4.78 is 0. The van der Waals surface area contributed by atoms with E-state index >= 15 is 0 Å². The van der Waals surface area contributed by atoms with Crippen molar-refractivity contribution in [3.05, 3.63) is 83.1 Å². The number of nitrogens with zero attached hydrogens (tertiary/aromatic N) is 1. The van der Waals surface area contributed by atoms with Crippen molar-refractivity contribution >= 4 is 33.9 Å². The molecule has 0 spiro atoms. The van der Waals surface area contributed by atoms with Crippen LogP contribution in [0.4, 0.5) is 5.69 Å². The Kier molecular flexibility index (Phi) is 3.67. The van der Waals surface area contributed by atoms with Crippen LogP contribution in [0.5, 0.6) is 0 Å². The highest BCUT2D eigenvalue weighted by atomic mass is 35.5. The number of rotatable bonds is 2. The van der Waals surface area contributed by atoms with Crippen molar-refractivity contribution in [1.82, 2.24) is 5.43 Å². The molecule has 2 aliphatic rings. The van der Waals surface area contributed by atoms with Crippen LogP contribution in [0.25, 0.3) is 5.03 Å². The molecule has 2 aromatic carbocycles. The summed E-state index contributed by atoms with van der Waals surface area (Å²) in [5, 5.41) is 8.09. The smallest absolute Gasteiger partial charge is 0.275 e. The van der Waals surface area contributed by atoms with Gasteiger partial charge in [0.2, 0.25) is 0 Å². The van der Waals surface area contributed by atoms with E-state index in [-0.39, 0.29) is 5.91 Å². The molecule has 0 saturated heterocycles. The largest absolute Gasteiger partial charge is 0.354 e. The summed E-state index contributed by atoms with van der Waals surface area (Å²) >= 11 is 6.39. The summed E-state index contributed by atoms with van der Waals surface area (Å²) in [5.74, 6) is -0.219. The minimum absolute atomic E-state index is 0.219. The van der Waals surface area contributed by atoms with Crippen molar-refractivity contribution < 1.29 is 4.79 Å². The first-order chi connectivity index (χ1) is 11.7. The van der Waals surface area contributed by atoms with Gasteiger partial charge in [-0.15, -0.1) is 0 Å². The van der Waals surface area contributed by atoms with Crippen LogP contribution in [-0.2, 0) is 11.2 Å². The average molecular weight is 336 g/mol. The Morgan fingerprint density at radius 1 is 1.00 bits per heavy atom. The molecule has 4 nitrogen and oxygen atoms in total. The van der Waals surface area contributed by atoms with Gasteiger partial charge in [-0.25, -0.2) is 5.43 Å². The zero-order valence-corrected chi connectivity index (χ0v) is 13.5. The van der Waals surface area contributed by atoms with Crippen molar-refractivity contribution in [1.29, 1.82) is 0 Å². The van der Waals surface area contributed by atoms with Gasteiger partial charge < -0.3 is 5.32 Å². The van der Waals surface area contributed by atoms with E-state index in [1.165, 1.54) is 0 Å². The van der Waals surface area contributed by atoms with Gasteiger partial charge in [0.1, 0.15) is 0 Å². The lowest BCUT2D eigenvalue weighted by atomic mass is 9.98. The zero-order valence-electron chi connectivity index (χ0n) is 12.7. The zero-order chi connectivity index (χ0) is 16.5. The topological polar surface area (TPSA) is 53.5 Å². The number of carbonyl (C=O) groups is 1. The number of carbonyl (C=O) groups excluding carboxylic acids is 1. The predicted molar refractivity (Wildman–Crippen MR) is 96.6 cm³/mol. The molecule has 2 N–H and O–H groups in total. The Hall–Kier alpha value is -2.85. The van der Waals surface area contributed by atoms with E-state index in [2.05, 4.69) is 15.8 Å². The second kappa shape index (κ2) is 5.98. The highest BCUT2D eigenvalue weighted by Gasteiger charge is 2.28. The molecule has 4 rings (SSSR count). The maximum absolute atomic E-state index is 12.3. The van der Waals surface area contributed by atoms with E-state index in [0.29, 0.717) is 28.4 Å². The van der Waals surface area contributed by atoms with Crippen molar-refractivity contribution in [2.24, 2.45) is 5.10 Å². The van der Waals surface area contributed by atoms with Crippen LogP contribution in [0, 0.1) is 0 Å². The third kappa shape index (κ3) is 2.61. The molecule has 0 saturated carbocycles. The van der Waals surface area contributed by atoms with Crippen LogP contribution in [0.2, 0.25) is 0 Å². The molecule has 0 aliphatic carbocycles. The number of amides is 1. The molecule has 0 radical (unpaired) electrons. The van der Waals surface area contributed by atoms with Gasteiger partial charge in [0.25, 0.3) is 5.91 Å². The Morgan fingerprint density at radius 3 is 2.58 bits per heavy atom. The maximum Gasteiger partial charge on any atom is 0.275 e. The molecule has 0 bridgehead atoms. The number of nitrogens with one attached hydrogen (secondary N) is 2. The number of para-hydroxylation sites is 1. The van der Waals surface area contributed by atoms with Gasteiger partial charge in [0.05, 0.1) is 22.0 Å². The van der Waals surface area contributed by atoms with Crippen LogP contribution in [0.15, 0.2) is 77.0 Å². The summed E-state index contributed by atoms with van der Waals surface area (Å²) in [6.07, 6.45) is 2.36. The minimum Gasteiger partial charge on any atom is -0.354 e. The number of benzene rings is 2. The lowest BCUT2D eigenvalue weighted by Crippen LogP contribution is -2.20.